The van der Waals surface area contributed by atoms with Crippen LogP contribution >= 0.6 is 0 Å². The highest BCUT2D eigenvalue weighted by molar-refractivity contribution is 6.02. The molecule has 1 heterocycles. The van der Waals surface area contributed by atoms with Crippen molar-refractivity contribution in [3.8, 4) is 5.75 Å². The van der Waals surface area contributed by atoms with E-state index in [1.807, 2.05) is 0 Å². The number of anilines is 2. The lowest BCUT2D eigenvalue weighted by Gasteiger charge is -2.38. The molecule has 3 N–H and O–H groups in total. The van der Waals surface area contributed by atoms with Crippen LogP contribution in [0.25, 0.3) is 0 Å². The summed E-state index contributed by atoms with van der Waals surface area (Å²) in [6.07, 6.45) is 1.66. The van der Waals surface area contributed by atoms with Gasteiger partial charge in [0, 0.05) is 36.9 Å². The second-order valence-electron chi connectivity index (χ2n) is 11.7. The van der Waals surface area contributed by atoms with E-state index in [9.17, 15) is 27.9 Å². The number of hydrogen-bond acceptors (Lipinski definition) is 5. The largest absolute Gasteiger partial charge is 0.488 e. The van der Waals surface area contributed by atoms with Gasteiger partial charge >= 0.3 is 12.2 Å². The molecule has 42 heavy (non-hydrogen) atoms. The summed E-state index contributed by atoms with van der Waals surface area (Å²) >= 11 is 0. The third kappa shape index (κ3) is 8.16. The maximum atomic E-state index is 13.7. The van der Waals surface area contributed by atoms with Gasteiger partial charge in [-0.3, -0.25) is 4.79 Å². The van der Waals surface area contributed by atoms with E-state index in [0.29, 0.717) is 30.4 Å². The van der Waals surface area contributed by atoms with E-state index in [1.165, 1.54) is 50.3 Å². The Balaban J connectivity index is 1.51. The summed E-state index contributed by atoms with van der Waals surface area (Å²) in [4.78, 5) is 30.3. The number of fused-ring (bicyclic) bond motifs is 1. The average Bonchev–Trinajstić information content (AvgIpc) is 2.95. The zero-order chi connectivity index (χ0) is 30.4. The first-order valence-corrected chi connectivity index (χ1v) is 14.6. The summed E-state index contributed by atoms with van der Waals surface area (Å²) < 4.78 is 45.0. The summed E-state index contributed by atoms with van der Waals surface area (Å²) in [5, 5.41) is 15.1. The number of carbonyl (C=O) groups excluding carboxylic acids is 2. The van der Waals surface area contributed by atoms with Crippen molar-refractivity contribution in [1.29, 1.82) is 0 Å². The van der Waals surface area contributed by atoms with E-state index in [0.717, 1.165) is 18.7 Å². The number of benzene rings is 2. The van der Waals surface area contributed by atoms with Crippen LogP contribution in [0.1, 0.15) is 61.9 Å². The van der Waals surface area contributed by atoms with Gasteiger partial charge in [-0.2, -0.15) is 13.2 Å². The Morgan fingerprint density at radius 1 is 1.07 bits per heavy atom. The lowest BCUT2D eigenvalue weighted by molar-refractivity contribution is -0.137. The van der Waals surface area contributed by atoms with Gasteiger partial charge in [-0.15, -0.1) is 0 Å². The van der Waals surface area contributed by atoms with Crippen molar-refractivity contribution in [3.63, 3.8) is 0 Å². The van der Waals surface area contributed by atoms with Gasteiger partial charge in [0.05, 0.1) is 23.8 Å². The minimum atomic E-state index is -4.47. The Kier molecular flexibility index (Phi) is 10.4. The van der Waals surface area contributed by atoms with E-state index in [1.54, 1.807) is 24.0 Å². The number of alkyl halides is 3. The molecule has 1 aliphatic heterocycles. The summed E-state index contributed by atoms with van der Waals surface area (Å²) in [5.41, 5.74) is -0.0628. The van der Waals surface area contributed by atoms with Gasteiger partial charge in [0.2, 0.25) is 0 Å². The fraction of sp³-hybridized carbons (Fsp3) is 0.548. The van der Waals surface area contributed by atoms with Crippen LogP contribution in [0.4, 0.5) is 29.3 Å². The molecule has 1 fully saturated rings. The molecule has 2 aromatic rings. The van der Waals surface area contributed by atoms with Gasteiger partial charge in [0.1, 0.15) is 11.9 Å². The summed E-state index contributed by atoms with van der Waals surface area (Å²) in [6.45, 7) is 5.71. The Morgan fingerprint density at radius 3 is 2.36 bits per heavy atom. The minimum Gasteiger partial charge on any atom is -0.488 e. The van der Waals surface area contributed by atoms with Crippen molar-refractivity contribution >= 4 is 23.3 Å². The highest BCUT2D eigenvalue weighted by atomic mass is 19.4. The number of hydrogen-bond donors (Lipinski definition) is 3. The highest BCUT2D eigenvalue weighted by Crippen LogP contribution is 2.32. The fourth-order valence-corrected chi connectivity index (χ4v) is 5.75. The number of amides is 3. The van der Waals surface area contributed by atoms with Crippen LogP contribution in [0.15, 0.2) is 42.5 Å². The number of likely N-dealkylation sites (N-methyl/N-ethyl adjacent to an activating group) is 1. The minimum absolute atomic E-state index is 0.00257. The van der Waals surface area contributed by atoms with Crippen molar-refractivity contribution in [1.82, 2.24) is 9.80 Å². The first kappa shape index (κ1) is 31.6. The fourth-order valence-electron chi connectivity index (χ4n) is 5.75. The molecule has 0 radical (unpaired) electrons. The SMILES string of the molecule is C[C@H](CO)N1C[C@H](C)[C@@H](CN(C)CC2CCCCC2)Oc2ccc(NC(=O)Nc3ccc(C(F)(F)F)cc3)cc2C1=O. The number of aliphatic hydroxyl groups excluding tert-OH is 1. The van der Waals surface area contributed by atoms with Gasteiger partial charge in [-0.05, 0) is 75.2 Å². The molecule has 2 aliphatic rings. The first-order valence-electron chi connectivity index (χ1n) is 14.6. The zero-order valence-corrected chi connectivity index (χ0v) is 24.4. The van der Waals surface area contributed by atoms with Crippen molar-refractivity contribution in [3.05, 3.63) is 53.6 Å². The number of carbonyl (C=O) groups is 2. The molecule has 2 aromatic carbocycles. The second-order valence-corrected chi connectivity index (χ2v) is 11.7. The van der Waals surface area contributed by atoms with Gasteiger partial charge in [-0.1, -0.05) is 26.2 Å². The third-order valence-electron chi connectivity index (χ3n) is 8.18. The van der Waals surface area contributed by atoms with Crippen molar-refractivity contribution in [2.24, 2.45) is 11.8 Å². The lowest BCUT2D eigenvalue weighted by atomic mass is 9.89. The average molecular weight is 591 g/mol. The number of nitrogens with zero attached hydrogens (tertiary/aromatic N) is 2. The quantitative estimate of drug-likeness (QED) is 0.347. The van der Waals surface area contributed by atoms with Crippen LogP contribution in [0, 0.1) is 11.8 Å². The van der Waals surface area contributed by atoms with Gasteiger partial charge < -0.3 is 30.3 Å². The topological polar surface area (TPSA) is 94.1 Å². The molecule has 0 aromatic heterocycles. The number of aliphatic hydroxyl groups is 1. The molecule has 11 heteroatoms. The van der Waals surface area contributed by atoms with Gasteiger partial charge in [0.15, 0.2) is 0 Å². The molecule has 0 saturated heterocycles. The number of nitrogens with one attached hydrogen (secondary N) is 2. The second kappa shape index (κ2) is 13.8. The molecule has 0 bridgehead atoms. The summed E-state index contributed by atoms with van der Waals surface area (Å²) in [6, 6.07) is 7.80. The number of ether oxygens (including phenoxy) is 1. The predicted molar refractivity (Wildman–Crippen MR) is 156 cm³/mol. The molecule has 3 amide bonds. The molecule has 0 unspecified atom stereocenters. The van der Waals surface area contributed by atoms with E-state index in [4.69, 9.17) is 4.74 Å². The first-order chi connectivity index (χ1) is 19.9. The lowest BCUT2D eigenvalue weighted by Crippen LogP contribution is -2.50. The van der Waals surface area contributed by atoms with Crippen LogP contribution in [0.3, 0.4) is 0 Å². The Bertz CT molecular complexity index is 1220. The molecule has 230 valence electrons. The number of halogens is 3. The van der Waals surface area contributed by atoms with E-state index in [2.05, 4.69) is 29.5 Å². The predicted octanol–water partition coefficient (Wildman–Crippen LogP) is 6.08. The van der Waals surface area contributed by atoms with Crippen LogP contribution in [-0.2, 0) is 6.18 Å². The highest BCUT2D eigenvalue weighted by Gasteiger charge is 2.34. The maximum absolute atomic E-state index is 13.7. The molecular formula is C31H41F3N4O4. The smallest absolute Gasteiger partial charge is 0.416 e. The van der Waals surface area contributed by atoms with Crippen LogP contribution < -0.4 is 15.4 Å². The van der Waals surface area contributed by atoms with Gasteiger partial charge in [-0.25, -0.2) is 4.79 Å². The molecule has 8 nitrogen and oxygen atoms in total. The monoisotopic (exact) mass is 590 g/mol. The zero-order valence-electron chi connectivity index (χ0n) is 24.4. The van der Waals surface area contributed by atoms with Crippen molar-refractivity contribution in [2.75, 3.05) is 43.9 Å². The van der Waals surface area contributed by atoms with Crippen molar-refractivity contribution < 1.29 is 32.6 Å². The van der Waals surface area contributed by atoms with Crippen LogP contribution in [0.2, 0.25) is 0 Å². The molecule has 0 spiro atoms. The molecule has 4 rings (SSSR count). The van der Waals surface area contributed by atoms with Crippen LogP contribution in [-0.4, -0.2) is 72.3 Å². The van der Waals surface area contributed by atoms with Crippen molar-refractivity contribution in [2.45, 2.75) is 64.3 Å². The van der Waals surface area contributed by atoms with Crippen LogP contribution in [0.5, 0.6) is 5.75 Å². The Hall–Kier alpha value is -3.31. The number of urea groups is 1. The van der Waals surface area contributed by atoms with Gasteiger partial charge in [0.25, 0.3) is 5.91 Å². The maximum Gasteiger partial charge on any atom is 0.416 e. The van der Waals surface area contributed by atoms with E-state index < -0.39 is 23.8 Å². The summed E-state index contributed by atoms with van der Waals surface area (Å²) in [7, 11) is 2.10. The van der Waals surface area contributed by atoms with E-state index in [-0.39, 0.29) is 35.8 Å². The Morgan fingerprint density at radius 2 is 1.71 bits per heavy atom. The normalized spacial score (nSPS) is 20.8. The standard InChI is InChI=1S/C31H41F3N4O4/c1-20-16-38(21(2)19-39)29(40)26-15-25(36-30(41)35-24-11-9-23(10-12-24)31(32,33)34)13-14-27(26)42-28(20)18-37(3)17-22-7-5-4-6-8-22/h9-15,20-22,28,39H,4-8,16-19H2,1-3H3,(H2,35,36,41)/t20-,21+,28+/m0/s1. The molecule has 1 saturated carbocycles. The third-order valence-corrected chi connectivity index (χ3v) is 8.18. The number of rotatable bonds is 8. The summed E-state index contributed by atoms with van der Waals surface area (Å²) in [5.74, 6) is 0.748. The Labute approximate surface area is 245 Å². The molecule has 1 aliphatic carbocycles. The van der Waals surface area contributed by atoms with E-state index >= 15 is 0 Å². The molecular weight excluding hydrogens is 549 g/mol. The molecule has 3 atom stereocenters.